The summed E-state index contributed by atoms with van der Waals surface area (Å²) in [7, 11) is 0. The highest BCUT2D eigenvalue weighted by Gasteiger charge is 2.24. The third-order valence-electron chi connectivity index (χ3n) is 5.26. The Balaban J connectivity index is 1.53. The molecular weight excluding hydrogens is 462 g/mol. The second-order valence-corrected chi connectivity index (χ2v) is 7.63. The van der Waals surface area contributed by atoms with Crippen molar-refractivity contribution in [3.05, 3.63) is 106 Å². The Morgan fingerprint density at radius 3 is 2.19 bits per heavy atom. The lowest BCUT2D eigenvalue weighted by atomic mass is 9.98. The highest BCUT2D eigenvalue weighted by Crippen LogP contribution is 2.41. The molecule has 36 heavy (non-hydrogen) atoms. The third kappa shape index (κ3) is 5.29. The average Bonchev–Trinajstić information content (AvgIpc) is 3.26. The topological polar surface area (TPSA) is 135 Å². The molecule has 0 saturated carbocycles. The molecule has 3 aromatic carbocycles. The molecule has 178 valence electrons. The van der Waals surface area contributed by atoms with E-state index in [1.54, 1.807) is 6.07 Å². The van der Waals surface area contributed by atoms with Crippen LogP contribution in [0.1, 0.15) is 11.1 Å². The standard InChI is InChI=1S/C27H19N3O6/c28-16-21-25(18-9-3-1-4-10-18)26(19-11-5-2-6-12-19)36-27(21)29-23(31)17-35-24(32)15-20-13-7-8-14-22(20)30(33)34/h1-14H,15,17H2,(H,29,31). The van der Waals surface area contributed by atoms with Crippen LogP contribution in [0.4, 0.5) is 11.6 Å². The largest absolute Gasteiger partial charge is 0.455 e. The molecule has 0 atom stereocenters. The number of nitriles is 1. The molecule has 9 heteroatoms. The van der Waals surface area contributed by atoms with Gasteiger partial charge in [0.25, 0.3) is 11.6 Å². The van der Waals surface area contributed by atoms with Crippen molar-refractivity contribution in [2.45, 2.75) is 6.42 Å². The van der Waals surface area contributed by atoms with E-state index < -0.39 is 23.4 Å². The molecule has 0 aliphatic carbocycles. The maximum absolute atomic E-state index is 12.5. The number of furan rings is 1. The van der Waals surface area contributed by atoms with Crippen LogP contribution in [0.15, 0.2) is 89.3 Å². The van der Waals surface area contributed by atoms with Crippen LogP contribution in [0.5, 0.6) is 0 Å². The van der Waals surface area contributed by atoms with Crippen LogP contribution in [0, 0.1) is 21.4 Å². The van der Waals surface area contributed by atoms with Gasteiger partial charge in [-0.2, -0.15) is 5.26 Å². The van der Waals surface area contributed by atoms with E-state index in [1.807, 2.05) is 60.7 Å². The van der Waals surface area contributed by atoms with Gasteiger partial charge in [0.15, 0.2) is 6.61 Å². The number of amides is 1. The van der Waals surface area contributed by atoms with Crippen molar-refractivity contribution in [2.24, 2.45) is 0 Å². The molecule has 1 amide bonds. The van der Waals surface area contributed by atoms with E-state index in [0.29, 0.717) is 16.9 Å². The molecule has 0 spiro atoms. The second-order valence-electron chi connectivity index (χ2n) is 7.63. The van der Waals surface area contributed by atoms with E-state index in [0.717, 1.165) is 5.56 Å². The number of nitro groups is 1. The molecule has 0 bridgehead atoms. The minimum absolute atomic E-state index is 0.0741. The molecule has 1 aromatic heterocycles. The molecule has 1 heterocycles. The van der Waals surface area contributed by atoms with Crippen molar-refractivity contribution in [1.29, 1.82) is 5.26 Å². The van der Waals surface area contributed by atoms with Crippen molar-refractivity contribution < 1.29 is 23.7 Å². The predicted molar refractivity (Wildman–Crippen MR) is 131 cm³/mol. The third-order valence-corrected chi connectivity index (χ3v) is 5.26. The average molecular weight is 481 g/mol. The van der Waals surface area contributed by atoms with E-state index in [1.165, 1.54) is 18.2 Å². The number of rotatable bonds is 8. The first-order valence-corrected chi connectivity index (χ1v) is 10.8. The summed E-state index contributed by atoms with van der Waals surface area (Å²) in [5.74, 6) is -1.21. The van der Waals surface area contributed by atoms with Crippen LogP contribution in [-0.4, -0.2) is 23.4 Å². The quantitative estimate of drug-likeness (QED) is 0.210. The summed E-state index contributed by atoms with van der Waals surface area (Å²) >= 11 is 0. The van der Waals surface area contributed by atoms with Crippen LogP contribution in [0.25, 0.3) is 22.5 Å². The van der Waals surface area contributed by atoms with E-state index in [2.05, 4.69) is 11.4 Å². The number of anilines is 1. The number of carbonyl (C=O) groups is 2. The lowest BCUT2D eigenvalue weighted by Crippen LogP contribution is -2.22. The monoisotopic (exact) mass is 481 g/mol. The van der Waals surface area contributed by atoms with Crippen molar-refractivity contribution >= 4 is 23.4 Å². The molecule has 0 radical (unpaired) electrons. The fraction of sp³-hybridized carbons (Fsp3) is 0.0741. The molecule has 0 fully saturated rings. The van der Waals surface area contributed by atoms with Crippen molar-refractivity contribution in [2.75, 3.05) is 11.9 Å². The van der Waals surface area contributed by atoms with Gasteiger partial charge >= 0.3 is 5.97 Å². The number of hydrogen-bond acceptors (Lipinski definition) is 7. The van der Waals surface area contributed by atoms with Gasteiger partial charge in [0.1, 0.15) is 17.4 Å². The maximum Gasteiger partial charge on any atom is 0.311 e. The van der Waals surface area contributed by atoms with Crippen LogP contribution in [-0.2, 0) is 20.7 Å². The molecule has 0 unspecified atom stereocenters. The minimum atomic E-state index is -0.811. The van der Waals surface area contributed by atoms with Gasteiger partial charge in [0.2, 0.25) is 5.88 Å². The van der Waals surface area contributed by atoms with Gasteiger partial charge < -0.3 is 9.15 Å². The van der Waals surface area contributed by atoms with Crippen LogP contribution in [0.3, 0.4) is 0 Å². The molecule has 4 rings (SSSR count). The number of hydrogen-bond donors (Lipinski definition) is 1. The number of esters is 1. The van der Waals surface area contributed by atoms with Crippen molar-refractivity contribution in [1.82, 2.24) is 0 Å². The number of nitrogens with zero attached hydrogens (tertiary/aromatic N) is 2. The predicted octanol–water partition coefficient (Wildman–Crippen LogP) is 5.12. The lowest BCUT2D eigenvalue weighted by Gasteiger charge is -2.06. The summed E-state index contributed by atoms with van der Waals surface area (Å²) in [5.41, 5.74) is 2.05. The summed E-state index contributed by atoms with van der Waals surface area (Å²) < 4.78 is 10.9. The minimum Gasteiger partial charge on any atom is -0.455 e. The molecule has 4 aromatic rings. The SMILES string of the molecule is N#Cc1c(NC(=O)COC(=O)Cc2ccccc2[N+](=O)[O-])oc(-c2ccccc2)c1-c1ccccc1. The van der Waals surface area contributed by atoms with Gasteiger partial charge in [-0.05, 0) is 5.56 Å². The van der Waals surface area contributed by atoms with E-state index in [9.17, 15) is 25.0 Å². The fourth-order valence-electron chi connectivity index (χ4n) is 3.65. The Hall–Kier alpha value is -5.23. The van der Waals surface area contributed by atoms with Gasteiger partial charge in [0, 0.05) is 22.8 Å². The van der Waals surface area contributed by atoms with Crippen molar-refractivity contribution in [3.63, 3.8) is 0 Å². The molecule has 0 aliphatic heterocycles. The number of nitro benzene ring substituents is 1. The Bertz CT molecular complexity index is 1460. The molecular formula is C27H19N3O6. The van der Waals surface area contributed by atoms with Crippen LogP contribution in [0.2, 0.25) is 0 Å². The molecule has 9 nitrogen and oxygen atoms in total. The number of benzene rings is 3. The number of para-hydroxylation sites is 1. The number of carbonyl (C=O) groups excluding carboxylic acids is 2. The first kappa shape index (κ1) is 23.9. The maximum atomic E-state index is 12.5. The van der Waals surface area contributed by atoms with Gasteiger partial charge in [-0.1, -0.05) is 78.9 Å². The van der Waals surface area contributed by atoms with Gasteiger partial charge in [-0.25, -0.2) is 0 Å². The molecule has 0 aliphatic rings. The Morgan fingerprint density at radius 1 is 0.944 bits per heavy atom. The van der Waals surface area contributed by atoms with Crippen LogP contribution >= 0.6 is 0 Å². The summed E-state index contributed by atoms with van der Waals surface area (Å²) in [6, 6.07) is 26.2. The van der Waals surface area contributed by atoms with E-state index in [4.69, 9.17) is 9.15 Å². The zero-order valence-electron chi connectivity index (χ0n) is 18.8. The number of nitrogens with one attached hydrogen (secondary N) is 1. The second kappa shape index (κ2) is 10.8. The van der Waals surface area contributed by atoms with Gasteiger partial charge in [-0.3, -0.25) is 25.0 Å². The number of ether oxygens (including phenoxy) is 1. The zero-order valence-corrected chi connectivity index (χ0v) is 18.8. The Morgan fingerprint density at radius 2 is 1.56 bits per heavy atom. The first-order chi connectivity index (χ1) is 17.5. The van der Waals surface area contributed by atoms with Crippen molar-refractivity contribution in [3.8, 4) is 28.5 Å². The summed E-state index contributed by atoms with van der Waals surface area (Å²) in [5, 5.41) is 23.5. The Kier molecular flexibility index (Phi) is 7.17. The molecule has 0 saturated heterocycles. The van der Waals surface area contributed by atoms with E-state index >= 15 is 0 Å². The zero-order chi connectivity index (χ0) is 25.5. The molecule has 1 N–H and O–H groups in total. The fourth-order valence-corrected chi connectivity index (χ4v) is 3.65. The highest BCUT2D eigenvalue weighted by molar-refractivity contribution is 5.96. The Labute approximate surface area is 205 Å². The van der Waals surface area contributed by atoms with Gasteiger partial charge in [-0.15, -0.1) is 0 Å². The van der Waals surface area contributed by atoms with Gasteiger partial charge in [0.05, 0.1) is 11.3 Å². The smallest absolute Gasteiger partial charge is 0.311 e. The first-order valence-electron chi connectivity index (χ1n) is 10.8. The van der Waals surface area contributed by atoms with Crippen LogP contribution < -0.4 is 5.32 Å². The summed E-state index contributed by atoms with van der Waals surface area (Å²) in [6.45, 7) is -0.660. The highest BCUT2D eigenvalue weighted by atomic mass is 16.6. The lowest BCUT2D eigenvalue weighted by molar-refractivity contribution is -0.385. The summed E-state index contributed by atoms with van der Waals surface area (Å²) in [6.07, 6.45) is -0.370. The normalized spacial score (nSPS) is 10.3. The summed E-state index contributed by atoms with van der Waals surface area (Å²) in [4.78, 5) is 35.3. The van der Waals surface area contributed by atoms with E-state index in [-0.39, 0.29) is 29.1 Å².